The maximum absolute atomic E-state index is 12.9. The molecule has 5 nitrogen and oxygen atoms in total. The summed E-state index contributed by atoms with van der Waals surface area (Å²) in [6.07, 6.45) is 0. The fourth-order valence-electron chi connectivity index (χ4n) is 2.14. The molecule has 1 aromatic heterocycles. The second-order valence-corrected chi connectivity index (χ2v) is 4.70. The maximum atomic E-state index is 12.9. The smallest absolute Gasteiger partial charge is 0.288 e. The van der Waals surface area contributed by atoms with Gasteiger partial charge in [0.2, 0.25) is 5.82 Å². The highest BCUT2D eigenvalue weighted by Gasteiger charge is 2.16. The van der Waals surface area contributed by atoms with Crippen molar-refractivity contribution in [1.82, 2.24) is 14.8 Å². The molecule has 6 heteroatoms. The molecule has 0 aliphatic heterocycles. The van der Waals surface area contributed by atoms with Crippen LogP contribution in [0.4, 0.5) is 4.39 Å². The van der Waals surface area contributed by atoms with E-state index in [1.54, 1.807) is 24.3 Å². The molecule has 1 heterocycles. The van der Waals surface area contributed by atoms with Crippen LogP contribution in [-0.4, -0.2) is 20.7 Å². The Morgan fingerprint density at radius 3 is 2.59 bits per heavy atom. The molecule has 2 N–H and O–H groups in total. The zero-order valence-corrected chi connectivity index (χ0v) is 11.6. The van der Waals surface area contributed by atoms with Crippen LogP contribution in [0, 0.1) is 0 Å². The largest absolute Gasteiger partial charge is 0.363 e. The summed E-state index contributed by atoms with van der Waals surface area (Å²) in [5.41, 5.74) is 7.20. The van der Waals surface area contributed by atoms with Gasteiger partial charge in [-0.15, -0.1) is 5.10 Å². The minimum absolute atomic E-state index is 0.0792. The number of carbonyl (C=O) groups excluding carboxylic acids is 1. The number of rotatable bonds is 4. The normalized spacial score (nSPS) is 10.6. The lowest BCUT2D eigenvalue weighted by molar-refractivity contribution is 0.0990. The molecule has 2 aromatic carbocycles. The standard InChI is InChI=1S/C16H13FN4O/c17-10-11-5-4-8-13(9-11)21-16(12-6-2-1-3-7-12)19-15(20-21)14(18)22/h1-9H,10H2,(H2,18,22). The summed E-state index contributed by atoms with van der Waals surface area (Å²) >= 11 is 0. The average molecular weight is 296 g/mol. The van der Waals surface area contributed by atoms with Crippen LogP contribution in [0.25, 0.3) is 17.1 Å². The van der Waals surface area contributed by atoms with Crippen LogP contribution in [0.5, 0.6) is 0 Å². The maximum Gasteiger partial charge on any atom is 0.288 e. The Morgan fingerprint density at radius 2 is 1.91 bits per heavy atom. The lowest BCUT2D eigenvalue weighted by Gasteiger charge is -2.06. The number of hydrogen-bond donors (Lipinski definition) is 1. The molecule has 0 bridgehead atoms. The SMILES string of the molecule is NC(=O)c1nc(-c2ccccc2)n(-c2cccc(CF)c2)n1. The molecular formula is C16H13FN4O. The van der Waals surface area contributed by atoms with Crippen LogP contribution in [0.1, 0.15) is 16.2 Å². The molecule has 110 valence electrons. The zero-order valence-electron chi connectivity index (χ0n) is 11.6. The number of amides is 1. The highest BCUT2D eigenvalue weighted by atomic mass is 19.1. The molecule has 0 atom stereocenters. The van der Waals surface area contributed by atoms with Crippen LogP contribution in [0.3, 0.4) is 0 Å². The van der Waals surface area contributed by atoms with Gasteiger partial charge in [0, 0.05) is 5.56 Å². The molecule has 0 spiro atoms. The molecular weight excluding hydrogens is 283 g/mol. The summed E-state index contributed by atoms with van der Waals surface area (Å²) in [5, 5.41) is 4.14. The van der Waals surface area contributed by atoms with Crippen LogP contribution < -0.4 is 5.73 Å². The van der Waals surface area contributed by atoms with Crippen molar-refractivity contribution in [1.29, 1.82) is 0 Å². The van der Waals surface area contributed by atoms with Gasteiger partial charge in [0.05, 0.1) is 5.69 Å². The lowest BCUT2D eigenvalue weighted by atomic mass is 10.2. The number of nitrogens with zero attached hydrogens (tertiary/aromatic N) is 3. The van der Waals surface area contributed by atoms with Gasteiger partial charge in [0.1, 0.15) is 6.67 Å². The third kappa shape index (κ3) is 2.58. The second kappa shape index (κ2) is 5.77. The zero-order chi connectivity index (χ0) is 15.5. The molecule has 0 aliphatic carbocycles. The van der Waals surface area contributed by atoms with E-state index in [-0.39, 0.29) is 5.82 Å². The fraction of sp³-hybridized carbons (Fsp3) is 0.0625. The van der Waals surface area contributed by atoms with Crippen molar-refractivity contribution < 1.29 is 9.18 Å². The minimum Gasteiger partial charge on any atom is -0.363 e. The van der Waals surface area contributed by atoms with Crippen molar-refractivity contribution >= 4 is 5.91 Å². The first kappa shape index (κ1) is 13.9. The number of carbonyl (C=O) groups is 1. The van der Waals surface area contributed by atoms with Crippen LogP contribution in [-0.2, 0) is 6.67 Å². The highest BCUT2D eigenvalue weighted by molar-refractivity contribution is 5.89. The number of benzene rings is 2. The summed E-state index contributed by atoms with van der Waals surface area (Å²) in [4.78, 5) is 15.6. The Balaban J connectivity index is 2.19. The van der Waals surface area contributed by atoms with E-state index in [9.17, 15) is 9.18 Å². The third-order valence-corrected chi connectivity index (χ3v) is 3.17. The summed E-state index contributed by atoms with van der Waals surface area (Å²) < 4.78 is 14.4. The van der Waals surface area contributed by atoms with Crippen molar-refractivity contribution in [3.8, 4) is 17.1 Å². The predicted octanol–water partition coefficient (Wildman–Crippen LogP) is 2.50. The van der Waals surface area contributed by atoms with Crippen molar-refractivity contribution in [3.63, 3.8) is 0 Å². The average Bonchev–Trinajstić information content (AvgIpc) is 3.01. The van der Waals surface area contributed by atoms with Crippen molar-refractivity contribution in [2.45, 2.75) is 6.67 Å². The van der Waals surface area contributed by atoms with Crippen LogP contribution in [0.2, 0.25) is 0 Å². The van der Waals surface area contributed by atoms with Crippen LogP contribution >= 0.6 is 0 Å². The van der Waals surface area contributed by atoms with E-state index in [2.05, 4.69) is 10.1 Å². The van der Waals surface area contributed by atoms with Crippen molar-refractivity contribution in [2.24, 2.45) is 5.73 Å². The summed E-state index contributed by atoms with van der Waals surface area (Å²) in [5.74, 6) is -0.313. The van der Waals surface area contributed by atoms with Crippen molar-refractivity contribution in [3.05, 3.63) is 66.0 Å². The molecule has 0 aliphatic rings. The van der Waals surface area contributed by atoms with E-state index in [4.69, 9.17) is 5.73 Å². The van der Waals surface area contributed by atoms with E-state index < -0.39 is 12.6 Å². The summed E-state index contributed by atoms with van der Waals surface area (Å²) in [6, 6.07) is 16.1. The Hall–Kier alpha value is -3.02. The molecule has 0 unspecified atom stereocenters. The first-order chi connectivity index (χ1) is 10.7. The first-order valence-electron chi connectivity index (χ1n) is 6.66. The number of nitrogens with two attached hydrogens (primary N) is 1. The third-order valence-electron chi connectivity index (χ3n) is 3.17. The monoisotopic (exact) mass is 296 g/mol. The molecule has 0 saturated carbocycles. The van der Waals surface area contributed by atoms with Gasteiger partial charge in [-0.05, 0) is 17.7 Å². The quantitative estimate of drug-likeness (QED) is 0.804. The molecule has 0 radical (unpaired) electrons. The number of hydrogen-bond acceptors (Lipinski definition) is 3. The van der Waals surface area contributed by atoms with Gasteiger partial charge in [0.25, 0.3) is 5.91 Å². The van der Waals surface area contributed by atoms with E-state index in [1.165, 1.54) is 4.68 Å². The number of halogens is 1. The predicted molar refractivity (Wildman–Crippen MR) is 80.1 cm³/mol. The minimum atomic E-state index is -0.711. The van der Waals surface area contributed by atoms with Gasteiger partial charge >= 0.3 is 0 Å². The van der Waals surface area contributed by atoms with Gasteiger partial charge in [0.15, 0.2) is 5.82 Å². The number of primary amides is 1. The molecule has 0 saturated heterocycles. The van der Waals surface area contributed by atoms with Gasteiger partial charge in [-0.3, -0.25) is 4.79 Å². The summed E-state index contributed by atoms with van der Waals surface area (Å²) in [7, 11) is 0. The highest BCUT2D eigenvalue weighted by Crippen LogP contribution is 2.21. The number of alkyl halides is 1. The van der Waals surface area contributed by atoms with Crippen LogP contribution in [0.15, 0.2) is 54.6 Å². The topological polar surface area (TPSA) is 73.8 Å². The molecule has 3 aromatic rings. The fourth-order valence-corrected chi connectivity index (χ4v) is 2.14. The first-order valence-corrected chi connectivity index (χ1v) is 6.66. The number of aromatic nitrogens is 3. The van der Waals surface area contributed by atoms with Gasteiger partial charge < -0.3 is 5.73 Å². The van der Waals surface area contributed by atoms with Gasteiger partial charge in [-0.25, -0.2) is 14.1 Å². The molecule has 0 fully saturated rings. The Kier molecular flexibility index (Phi) is 3.65. The Bertz CT molecular complexity index is 814. The van der Waals surface area contributed by atoms with Crippen molar-refractivity contribution in [2.75, 3.05) is 0 Å². The molecule has 3 rings (SSSR count). The van der Waals surface area contributed by atoms with E-state index >= 15 is 0 Å². The summed E-state index contributed by atoms with van der Waals surface area (Å²) in [6.45, 7) is -0.577. The van der Waals surface area contributed by atoms with Gasteiger partial charge in [-0.2, -0.15) is 0 Å². The Labute approximate surface area is 126 Å². The van der Waals surface area contributed by atoms with E-state index in [0.29, 0.717) is 17.1 Å². The van der Waals surface area contributed by atoms with E-state index in [1.807, 2.05) is 30.3 Å². The molecule has 22 heavy (non-hydrogen) atoms. The second-order valence-electron chi connectivity index (χ2n) is 4.70. The molecule has 1 amide bonds. The lowest BCUT2D eigenvalue weighted by Crippen LogP contribution is -2.13. The Morgan fingerprint density at radius 1 is 1.14 bits per heavy atom. The van der Waals surface area contributed by atoms with E-state index in [0.717, 1.165) is 5.56 Å². The van der Waals surface area contributed by atoms with Gasteiger partial charge in [-0.1, -0.05) is 42.5 Å².